The minimum absolute atomic E-state index is 0.0728. The molecule has 0 unspecified atom stereocenters. The molecule has 7 heteroatoms. The molecular formula is C20H30ClN3O2S. The van der Waals surface area contributed by atoms with Crippen molar-refractivity contribution >= 4 is 33.1 Å². The van der Waals surface area contributed by atoms with Crippen LogP contribution in [0.1, 0.15) is 64.2 Å². The Morgan fingerprint density at radius 2 is 1.52 bits per heavy atom. The second-order valence-electron chi connectivity index (χ2n) is 7.62. The summed E-state index contributed by atoms with van der Waals surface area (Å²) in [6.45, 7) is 0. The van der Waals surface area contributed by atoms with E-state index in [1.807, 2.05) is 4.31 Å². The maximum absolute atomic E-state index is 13.8. The Morgan fingerprint density at radius 1 is 1.00 bits per heavy atom. The lowest BCUT2D eigenvalue weighted by molar-refractivity contribution is 0.170. The van der Waals surface area contributed by atoms with Gasteiger partial charge in [0.1, 0.15) is 10.7 Å². The summed E-state index contributed by atoms with van der Waals surface area (Å²) in [5.74, 6) is 0.296. The van der Waals surface area contributed by atoms with Gasteiger partial charge in [-0.1, -0.05) is 50.7 Å². The van der Waals surface area contributed by atoms with Gasteiger partial charge in [-0.2, -0.15) is 4.31 Å². The number of halogens is 1. The summed E-state index contributed by atoms with van der Waals surface area (Å²) in [6, 6.07) is 7.07. The van der Waals surface area contributed by atoms with Crippen LogP contribution in [-0.4, -0.2) is 36.5 Å². The first-order valence-corrected chi connectivity index (χ1v) is 12.0. The highest BCUT2D eigenvalue weighted by atomic mass is 35.5. The van der Waals surface area contributed by atoms with Crippen LogP contribution in [0.15, 0.2) is 34.2 Å². The highest BCUT2D eigenvalue weighted by Gasteiger charge is 2.39. The summed E-state index contributed by atoms with van der Waals surface area (Å²) in [5, 5.41) is 0. The zero-order valence-electron chi connectivity index (χ0n) is 15.8. The van der Waals surface area contributed by atoms with Crippen molar-refractivity contribution in [1.82, 2.24) is 4.31 Å². The van der Waals surface area contributed by atoms with Gasteiger partial charge in [0.05, 0.1) is 11.6 Å². The molecule has 5 nitrogen and oxygen atoms in total. The average Bonchev–Trinajstić information content (AvgIpc) is 2.70. The van der Waals surface area contributed by atoms with Crippen LogP contribution >= 0.6 is 11.6 Å². The van der Waals surface area contributed by atoms with Gasteiger partial charge in [-0.05, 0) is 37.8 Å². The predicted octanol–water partition coefficient (Wildman–Crippen LogP) is 4.57. The Bertz CT molecular complexity index is 736. The van der Waals surface area contributed by atoms with Crippen molar-refractivity contribution in [2.45, 2.75) is 81.2 Å². The Hall–Kier alpha value is -1.11. The van der Waals surface area contributed by atoms with Crippen LogP contribution in [0.5, 0.6) is 0 Å². The van der Waals surface area contributed by atoms with E-state index in [2.05, 4.69) is 4.99 Å². The molecule has 0 aromatic heterocycles. The fourth-order valence-corrected chi connectivity index (χ4v) is 6.55. The van der Waals surface area contributed by atoms with Crippen molar-refractivity contribution in [3.8, 4) is 0 Å². The van der Waals surface area contributed by atoms with Crippen LogP contribution in [0.4, 0.5) is 5.69 Å². The molecule has 0 radical (unpaired) electrons. The molecule has 0 saturated heterocycles. The van der Waals surface area contributed by atoms with Gasteiger partial charge in [0.2, 0.25) is 10.0 Å². The van der Waals surface area contributed by atoms with E-state index in [4.69, 9.17) is 17.3 Å². The molecule has 1 aromatic rings. The Balaban J connectivity index is 2.02. The molecule has 1 aromatic carbocycles. The number of para-hydroxylation sites is 1. The van der Waals surface area contributed by atoms with Gasteiger partial charge in [0.15, 0.2) is 0 Å². The molecule has 27 heavy (non-hydrogen) atoms. The molecule has 2 N–H and O–H groups in total. The second-order valence-corrected chi connectivity index (χ2v) is 9.70. The smallest absolute Gasteiger partial charge is 0.245 e. The van der Waals surface area contributed by atoms with E-state index in [9.17, 15) is 8.42 Å². The zero-order chi connectivity index (χ0) is 19.3. The molecule has 150 valence electrons. The van der Waals surface area contributed by atoms with Crippen LogP contribution in [0.2, 0.25) is 0 Å². The number of hydrogen-bond donors (Lipinski definition) is 1. The Kier molecular flexibility index (Phi) is 7.17. The van der Waals surface area contributed by atoms with Crippen LogP contribution in [0.3, 0.4) is 0 Å². The quantitative estimate of drug-likeness (QED) is 0.423. The van der Waals surface area contributed by atoms with Crippen molar-refractivity contribution in [3.63, 3.8) is 0 Å². The molecule has 2 fully saturated rings. The lowest BCUT2D eigenvalue weighted by Gasteiger charge is -2.40. The normalized spacial score (nSPS) is 20.9. The summed E-state index contributed by atoms with van der Waals surface area (Å²) >= 11 is 5.76. The number of sulfonamides is 1. The van der Waals surface area contributed by atoms with Crippen molar-refractivity contribution in [2.24, 2.45) is 10.7 Å². The third-order valence-electron chi connectivity index (χ3n) is 5.69. The highest BCUT2D eigenvalue weighted by molar-refractivity contribution is 7.89. The third-order valence-corrected chi connectivity index (χ3v) is 8.02. The van der Waals surface area contributed by atoms with Crippen molar-refractivity contribution in [1.29, 1.82) is 0 Å². The van der Waals surface area contributed by atoms with Gasteiger partial charge in [0, 0.05) is 12.1 Å². The molecule has 3 rings (SSSR count). The number of hydrogen-bond acceptors (Lipinski definition) is 3. The minimum atomic E-state index is -3.66. The number of amidine groups is 1. The summed E-state index contributed by atoms with van der Waals surface area (Å²) in [6.07, 6.45) is 10.6. The summed E-state index contributed by atoms with van der Waals surface area (Å²) in [7, 11) is -3.66. The lowest BCUT2D eigenvalue weighted by atomic mass is 9.91. The topological polar surface area (TPSA) is 75.8 Å². The minimum Gasteiger partial charge on any atom is -0.386 e. The predicted molar refractivity (Wildman–Crippen MR) is 111 cm³/mol. The second kappa shape index (κ2) is 9.39. The Morgan fingerprint density at radius 3 is 2.04 bits per heavy atom. The van der Waals surface area contributed by atoms with Gasteiger partial charge >= 0.3 is 0 Å². The SMILES string of the molecule is NC(CCl)=Nc1ccccc1S(=O)(=O)N(C1CCCCC1)C1CCCCC1. The molecule has 0 aliphatic heterocycles. The number of aliphatic imine (C=N–C) groups is 1. The van der Waals surface area contributed by atoms with Crippen LogP contribution in [0, 0.1) is 0 Å². The summed E-state index contributed by atoms with van der Waals surface area (Å²) in [4.78, 5) is 4.52. The average molecular weight is 412 g/mol. The van der Waals surface area contributed by atoms with E-state index in [0.29, 0.717) is 5.69 Å². The van der Waals surface area contributed by atoms with Crippen molar-refractivity contribution in [3.05, 3.63) is 24.3 Å². The Labute approximate surface area is 168 Å². The van der Waals surface area contributed by atoms with Crippen LogP contribution < -0.4 is 5.73 Å². The first kappa shape index (κ1) is 20.6. The van der Waals surface area contributed by atoms with Crippen molar-refractivity contribution in [2.75, 3.05) is 5.88 Å². The van der Waals surface area contributed by atoms with Gasteiger partial charge in [0.25, 0.3) is 0 Å². The number of alkyl halides is 1. The maximum atomic E-state index is 13.8. The van der Waals surface area contributed by atoms with Gasteiger partial charge in [-0.3, -0.25) is 0 Å². The first-order chi connectivity index (χ1) is 13.0. The van der Waals surface area contributed by atoms with Gasteiger partial charge in [-0.15, -0.1) is 11.6 Å². The monoisotopic (exact) mass is 411 g/mol. The lowest BCUT2D eigenvalue weighted by Crippen LogP contribution is -2.48. The maximum Gasteiger partial charge on any atom is 0.245 e. The van der Waals surface area contributed by atoms with E-state index >= 15 is 0 Å². The third kappa shape index (κ3) is 4.84. The highest BCUT2D eigenvalue weighted by Crippen LogP contribution is 2.37. The van der Waals surface area contributed by atoms with E-state index in [0.717, 1.165) is 51.4 Å². The largest absolute Gasteiger partial charge is 0.386 e. The molecule has 0 amide bonds. The molecule has 0 spiro atoms. The first-order valence-electron chi connectivity index (χ1n) is 10.1. The van der Waals surface area contributed by atoms with E-state index in [1.54, 1.807) is 24.3 Å². The molecule has 2 aliphatic carbocycles. The molecule has 0 atom stereocenters. The number of nitrogens with two attached hydrogens (primary N) is 1. The van der Waals surface area contributed by atoms with E-state index in [-0.39, 0.29) is 28.7 Å². The molecular weight excluding hydrogens is 382 g/mol. The zero-order valence-corrected chi connectivity index (χ0v) is 17.4. The van der Waals surface area contributed by atoms with Crippen molar-refractivity contribution < 1.29 is 8.42 Å². The molecule has 2 aliphatic rings. The van der Waals surface area contributed by atoms with Crippen LogP contribution in [-0.2, 0) is 10.0 Å². The fourth-order valence-electron chi connectivity index (χ4n) is 4.43. The number of benzene rings is 1. The fraction of sp³-hybridized carbons (Fsp3) is 0.650. The van der Waals surface area contributed by atoms with Gasteiger partial charge in [-0.25, -0.2) is 13.4 Å². The van der Waals surface area contributed by atoms with Gasteiger partial charge < -0.3 is 5.73 Å². The number of rotatable bonds is 6. The molecule has 2 saturated carbocycles. The van der Waals surface area contributed by atoms with E-state index < -0.39 is 10.0 Å². The summed E-state index contributed by atoms with van der Waals surface area (Å²) in [5.41, 5.74) is 6.17. The molecule has 0 heterocycles. The summed E-state index contributed by atoms with van der Waals surface area (Å²) < 4.78 is 29.5. The molecule has 0 bridgehead atoms. The number of nitrogens with zero attached hydrogens (tertiary/aromatic N) is 2. The standard InChI is InChI=1S/C20H30ClN3O2S/c21-15-20(22)23-18-13-7-8-14-19(18)27(25,26)24(16-9-3-1-4-10-16)17-11-5-2-6-12-17/h7-8,13-14,16-17H,1-6,9-12,15H2,(H2,22,23). The van der Waals surface area contributed by atoms with E-state index in [1.165, 1.54) is 12.8 Å². The van der Waals surface area contributed by atoms with Crippen LogP contribution in [0.25, 0.3) is 0 Å².